The monoisotopic (exact) mass is 280 g/mol. The molecule has 19 heavy (non-hydrogen) atoms. The number of nitrogens with zero attached hydrogens (tertiary/aromatic N) is 1. The molecule has 2 aliphatic rings. The van der Waals surface area contributed by atoms with E-state index in [1.807, 2.05) is 0 Å². The lowest BCUT2D eigenvalue weighted by Crippen LogP contribution is -2.44. The standard InChI is InChI=1S/C15H24N2OS/c1-19-11-13-6-5-12(18-13)10-16-14-7-9-17-8-3-2-4-15(14)17/h5-6,14-16H,2-4,7-11H2,1H3. The summed E-state index contributed by atoms with van der Waals surface area (Å²) in [5, 5.41) is 3.71. The zero-order valence-electron chi connectivity index (χ0n) is 11.7. The molecular formula is C15H24N2OS. The Morgan fingerprint density at radius 1 is 1.26 bits per heavy atom. The molecule has 0 aromatic carbocycles. The van der Waals surface area contributed by atoms with Crippen LogP contribution in [0.5, 0.6) is 0 Å². The Hall–Kier alpha value is -0.450. The van der Waals surface area contributed by atoms with E-state index >= 15 is 0 Å². The van der Waals surface area contributed by atoms with E-state index in [1.54, 1.807) is 11.8 Å². The van der Waals surface area contributed by atoms with Crippen LogP contribution in [0, 0.1) is 0 Å². The minimum absolute atomic E-state index is 0.661. The Kier molecular flexibility index (Phi) is 4.51. The molecule has 0 radical (unpaired) electrons. The molecule has 0 amide bonds. The molecule has 2 fully saturated rings. The number of nitrogens with one attached hydrogen (secondary N) is 1. The van der Waals surface area contributed by atoms with Crippen molar-refractivity contribution in [1.82, 2.24) is 10.2 Å². The molecule has 0 saturated carbocycles. The Morgan fingerprint density at radius 2 is 2.16 bits per heavy atom. The van der Waals surface area contributed by atoms with Gasteiger partial charge in [-0.25, -0.2) is 0 Å². The van der Waals surface area contributed by atoms with Crippen LogP contribution in [0.25, 0.3) is 0 Å². The molecule has 3 heterocycles. The van der Waals surface area contributed by atoms with Gasteiger partial charge in [0.05, 0.1) is 12.3 Å². The highest BCUT2D eigenvalue weighted by Crippen LogP contribution is 2.27. The summed E-state index contributed by atoms with van der Waals surface area (Å²) in [4.78, 5) is 2.67. The molecule has 1 aromatic rings. The van der Waals surface area contributed by atoms with Gasteiger partial charge in [-0.15, -0.1) is 0 Å². The first-order chi connectivity index (χ1) is 9.36. The number of piperidine rings is 1. The van der Waals surface area contributed by atoms with Crippen LogP contribution in [0.4, 0.5) is 0 Å². The molecule has 3 nitrogen and oxygen atoms in total. The first-order valence-corrected chi connectivity index (χ1v) is 8.80. The van der Waals surface area contributed by atoms with Crippen molar-refractivity contribution in [2.45, 2.75) is 50.1 Å². The van der Waals surface area contributed by atoms with E-state index in [-0.39, 0.29) is 0 Å². The number of thioether (sulfide) groups is 1. The van der Waals surface area contributed by atoms with E-state index in [4.69, 9.17) is 4.42 Å². The van der Waals surface area contributed by atoms with E-state index in [2.05, 4.69) is 28.6 Å². The van der Waals surface area contributed by atoms with Gasteiger partial charge in [-0.3, -0.25) is 4.90 Å². The maximum absolute atomic E-state index is 5.82. The molecule has 2 atom stereocenters. The summed E-state index contributed by atoms with van der Waals surface area (Å²) in [6, 6.07) is 5.66. The molecule has 4 heteroatoms. The lowest BCUT2D eigenvalue weighted by atomic mass is 9.99. The fourth-order valence-corrected chi connectivity index (χ4v) is 3.89. The van der Waals surface area contributed by atoms with Crippen LogP contribution in [-0.2, 0) is 12.3 Å². The average molecular weight is 280 g/mol. The van der Waals surface area contributed by atoms with Crippen molar-refractivity contribution in [3.8, 4) is 0 Å². The summed E-state index contributed by atoms with van der Waals surface area (Å²) in [5.74, 6) is 3.15. The molecule has 2 saturated heterocycles. The Bertz CT molecular complexity index is 407. The van der Waals surface area contributed by atoms with E-state index in [9.17, 15) is 0 Å². The smallest absolute Gasteiger partial charge is 0.118 e. The van der Waals surface area contributed by atoms with E-state index in [0.717, 1.165) is 29.9 Å². The molecule has 2 unspecified atom stereocenters. The zero-order valence-corrected chi connectivity index (χ0v) is 12.5. The second-order valence-electron chi connectivity index (χ2n) is 5.68. The van der Waals surface area contributed by atoms with Crippen molar-refractivity contribution in [3.05, 3.63) is 23.7 Å². The Balaban J connectivity index is 1.51. The molecule has 0 spiro atoms. The van der Waals surface area contributed by atoms with Crippen LogP contribution < -0.4 is 5.32 Å². The minimum Gasteiger partial charge on any atom is -0.464 e. The van der Waals surface area contributed by atoms with Gasteiger partial charge in [-0.05, 0) is 44.2 Å². The minimum atomic E-state index is 0.661. The quantitative estimate of drug-likeness (QED) is 0.898. The first kappa shape index (κ1) is 13.5. The van der Waals surface area contributed by atoms with E-state index in [1.165, 1.54) is 38.8 Å². The summed E-state index contributed by atoms with van der Waals surface area (Å²) in [7, 11) is 0. The zero-order chi connectivity index (χ0) is 13.1. The molecule has 0 bridgehead atoms. The summed E-state index contributed by atoms with van der Waals surface area (Å²) in [6.07, 6.45) is 7.56. The predicted octanol–water partition coefficient (Wildman–Crippen LogP) is 2.86. The average Bonchev–Trinajstić information content (AvgIpc) is 3.04. The van der Waals surface area contributed by atoms with Crippen molar-refractivity contribution in [2.24, 2.45) is 0 Å². The van der Waals surface area contributed by atoms with Crippen LogP contribution in [0.3, 0.4) is 0 Å². The topological polar surface area (TPSA) is 28.4 Å². The van der Waals surface area contributed by atoms with Gasteiger partial charge in [0.2, 0.25) is 0 Å². The highest BCUT2D eigenvalue weighted by molar-refractivity contribution is 7.97. The SMILES string of the molecule is CSCc1ccc(CNC2CCN3CCCCC23)o1. The number of furan rings is 1. The van der Waals surface area contributed by atoms with Gasteiger partial charge in [0.15, 0.2) is 0 Å². The summed E-state index contributed by atoms with van der Waals surface area (Å²) in [5.41, 5.74) is 0. The van der Waals surface area contributed by atoms with Gasteiger partial charge in [-0.1, -0.05) is 6.42 Å². The van der Waals surface area contributed by atoms with Crippen molar-refractivity contribution >= 4 is 11.8 Å². The van der Waals surface area contributed by atoms with Crippen LogP contribution >= 0.6 is 11.8 Å². The lowest BCUT2D eigenvalue weighted by Gasteiger charge is -2.32. The summed E-state index contributed by atoms with van der Waals surface area (Å²) >= 11 is 1.81. The van der Waals surface area contributed by atoms with Crippen LogP contribution in [0.1, 0.15) is 37.2 Å². The molecule has 2 aliphatic heterocycles. The molecule has 0 aliphatic carbocycles. The van der Waals surface area contributed by atoms with Crippen LogP contribution in [0.2, 0.25) is 0 Å². The third-order valence-corrected chi connectivity index (χ3v) is 4.97. The fourth-order valence-electron chi connectivity index (χ4n) is 3.45. The summed E-state index contributed by atoms with van der Waals surface area (Å²) < 4.78 is 5.82. The number of fused-ring (bicyclic) bond motifs is 1. The maximum Gasteiger partial charge on any atom is 0.118 e. The van der Waals surface area contributed by atoms with Gasteiger partial charge in [0.1, 0.15) is 11.5 Å². The van der Waals surface area contributed by atoms with Gasteiger partial charge < -0.3 is 9.73 Å². The van der Waals surface area contributed by atoms with Gasteiger partial charge >= 0.3 is 0 Å². The van der Waals surface area contributed by atoms with Crippen LogP contribution in [0.15, 0.2) is 16.5 Å². The summed E-state index contributed by atoms with van der Waals surface area (Å²) in [6.45, 7) is 3.46. The second kappa shape index (κ2) is 6.33. The van der Waals surface area contributed by atoms with E-state index in [0.29, 0.717) is 6.04 Å². The molecule has 106 valence electrons. The van der Waals surface area contributed by atoms with Gasteiger partial charge in [-0.2, -0.15) is 11.8 Å². The highest BCUT2D eigenvalue weighted by Gasteiger charge is 2.34. The van der Waals surface area contributed by atoms with Crippen molar-refractivity contribution in [1.29, 1.82) is 0 Å². The van der Waals surface area contributed by atoms with Gasteiger partial charge in [0.25, 0.3) is 0 Å². The fraction of sp³-hybridized carbons (Fsp3) is 0.733. The molecule has 1 N–H and O–H groups in total. The predicted molar refractivity (Wildman–Crippen MR) is 80.4 cm³/mol. The lowest BCUT2D eigenvalue weighted by molar-refractivity contribution is 0.179. The molecule has 1 aromatic heterocycles. The Labute approximate surface area is 120 Å². The third kappa shape index (κ3) is 3.18. The maximum atomic E-state index is 5.82. The second-order valence-corrected chi connectivity index (χ2v) is 6.54. The number of rotatable bonds is 5. The molecular weight excluding hydrogens is 256 g/mol. The normalized spacial score (nSPS) is 27.6. The number of hydrogen-bond acceptors (Lipinski definition) is 4. The third-order valence-electron chi connectivity index (χ3n) is 4.40. The largest absolute Gasteiger partial charge is 0.464 e. The number of hydrogen-bond donors (Lipinski definition) is 1. The van der Waals surface area contributed by atoms with Crippen molar-refractivity contribution in [2.75, 3.05) is 19.3 Å². The van der Waals surface area contributed by atoms with E-state index < -0.39 is 0 Å². The Morgan fingerprint density at radius 3 is 3.05 bits per heavy atom. The first-order valence-electron chi connectivity index (χ1n) is 7.41. The van der Waals surface area contributed by atoms with Crippen LogP contribution in [-0.4, -0.2) is 36.3 Å². The van der Waals surface area contributed by atoms with Crippen molar-refractivity contribution in [3.63, 3.8) is 0 Å². The molecule has 3 rings (SSSR count). The van der Waals surface area contributed by atoms with Gasteiger partial charge in [0, 0.05) is 18.6 Å². The highest BCUT2D eigenvalue weighted by atomic mass is 32.2. The van der Waals surface area contributed by atoms with Crippen molar-refractivity contribution < 1.29 is 4.42 Å².